The average molecular weight is 241 g/mol. The van der Waals surface area contributed by atoms with Gasteiger partial charge in [0.2, 0.25) is 0 Å². The van der Waals surface area contributed by atoms with Crippen LogP contribution in [0.4, 0.5) is 4.39 Å². The quantitative estimate of drug-likeness (QED) is 0.725. The molecule has 0 saturated carbocycles. The summed E-state index contributed by atoms with van der Waals surface area (Å²) in [7, 11) is 1.27. The highest BCUT2D eigenvalue weighted by molar-refractivity contribution is 5.69. The molecule has 0 aliphatic carbocycles. The first-order chi connectivity index (χ1) is 8.11. The molecule has 1 unspecified atom stereocenters. The third-order valence-electron chi connectivity index (χ3n) is 2.23. The summed E-state index contributed by atoms with van der Waals surface area (Å²) < 4.78 is 17.3. The van der Waals surface area contributed by atoms with Gasteiger partial charge in [-0.2, -0.15) is 0 Å². The predicted molar refractivity (Wildman–Crippen MR) is 60.7 cm³/mol. The SMILES string of the molecule is COC(=O)CC(O)CNCc1cccc(F)c1. The summed E-state index contributed by atoms with van der Waals surface area (Å²) in [5.41, 5.74) is 0.787. The van der Waals surface area contributed by atoms with Gasteiger partial charge in [0.05, 0.1) is 19.6 Å². The topological polar surface area (TPSA) is 58.6 Å². The van der Waals surface area contributed by atoms with Crippen molar-refractivity contribution in [2.75, 3.05) is 13.7 Å². The van der Waals surface area contributed by atoms with Gasteiger partial charge >= 0.3 is 5.97 Å². The molecule has 0 saturated heterocycles. The molecule has 1 aromatic rings. The highest BCUT2D eigenvalue weighted by Crippen LogP contribution is 2.03. The number of ether oxygens (including phenoxy) is 1. The molecule has 17 heavy (non-hydrogen) atoms. The van der Waals surface area contributed by atoms with Gasteiger partial charge in [-0.3, -0.25) is 4.79 Å². The second kappa shape index (κ2) is 6.98. The van der Waals surface area contributed by atoms with Gasteiger partial charge in [-0.1, -0.05) is 12.1 Å². The third-order valence-corrected chi connectivity index (χ3v) is 2.23. The minimum Gasteiger partial charge on any atom is -0.469 e. The first-order valence-electron chi connectivity index (χ1n) is 5.32. The molecule has 2 N–H and O–H groups in total. The molecular formula is C12H16FNO3. The Balaban J connectivity index is 2.25. The number of carbonyl (C=O) groups excluding carboxylic acids is 1. The molecule has 0 bridgehead atoms. The molecular weight excluding hydrogens is 225 g/mol. The van der Waals surface area contributed by atoms with Crippen molar-refractivity contribution >= 4 is 5.97 Å². The monoisotopic (exact) mass is 241 g/mol. The van der Waals surface area contributed by atoms with E-state index in [4.69, 9.17) is 0 Å². The van der Waals surface area contributed by atoms with Crippen molar-refractivity contribution in [1.82, 2.24) is 5.32 Å². The summed E-state index contributed by atoms with van der Waals surface area (Å²) in [6, 6.07) is 6.19. The van der Waals surface area contributed by atoms with Crippen LogP contribution in [-0.4, -0.2) is 30.8 Å². The molecule has 0 spiro atoms. The summed E-state index contributed by atoms with van der Waals surface area (Å²) >= 11 is 0. The number of carbonyl (C=O) groups is 1. The predicted octanol–water partition coefficient (Wildman–Crippen LogP) is 0.839. The van der Waals surface area contributed by atoms with Gasteiger partial charge in [-0.05, 0) is 17.7 Å². The fraction of sp³-hybridized carbons (Fsp3) is 0.417. The van der Waals surface area contributed by atoms with Gasteiger partial charge in [0.25, 0.3) is 0 Å². The van der Waals surface area contributed by atoms with Crippen molar-refractivity contribution in [2.24, 2.45) is 0 Å². The highest BCUT2D eigenvalue weighted by Gasteiger charge is 2.10. The summed E-state index contributed by atoms with van der Waals surface area (Å²) in [6.45, 7) is 0.696. The minimum absolute atomic E-state index is 0.0490. The normalized spacial score (nSPS) is 12.2. The summed E-state index contributed by atoms with van der Waals surface area (Å²) in [6.07, 6.45) is -0.844. The maximum absolute atomic E-state index is 12.8. The van der Waals surface area contributed by atoms with Gasteiger partial charge in [0, 0.05) is 13.1 Å². The molecule has 1 rings (SSSR count). The molecule has 0 aliphatic heterocycles. The number of benzene rings is 1. The van der Waals surface area contributed by atoms with Crippen molar-refractivity contribution in [3.05, 3.63) is 35.6 Å². The lowest BCUT2D eigenvalue weighted by Crippen LogP contribution is -2.28. The fourth-order valence-electron chi connectivity index (χ4n) is 1.38. The Morgan fingerprint density at radius 2 is 2.35 bits per heavy atom. The Hall–Kier alpha value is -1.46. The van der Waals surface area contributed by atoms with Crippen LogP contribution in [0.2, 0.25) is 0 Å². The first kappa shape index (κ1) is 13.6. The van der Waals surface area contributed by atoms with Crippen molar-refractivity contribution in [3.8, 4) is 0 Å². The number of hydrogen-bond acceptors (Lipinski definition) is 4. The fourth-order valence-corrected chi connectivity index (χ4v) is 1.38. The minimum atomic E-state index is -0.795. The second-order valence-electron chi connectivity index (χ2n) is 3.69. The lowest BCUT2D eigenvalue weighted by molar-refractivity contribution is -0.142. The van der Waals surface area contributed by atoms with Crippen molar-refractivity contribution in [3.63, 3.8) is 0 Å². The van der Waals surface area contributed by atoms with E-state index in [2.05, 4.69) is 10.1 Å². The molecule has 4 nitrogen and oxygen atoms in total. The van der Waals surface area contributed by atoms with Crippen molar-refractivity contribution < 1.29 is 19.0 Å². The first-order valence-corrected chi connectivity index (χ1v) is 5.32. The molecule has 0 aliphatic rings. The van der Waals surface area contributed by atoms with Crippen molar-refractivity contribution in [2.45, 2.75) is 19.1 Å². The Morgan fingerprint density at radius 3 is 3.00 bits per heavy atom. The lowest BCUT2D eigenvalue weighted by Gasteiger charge is -2.10. The molecule has 1 aromatic carbocycles. The van der Waals surface area contributed by atoms with E-state index in [1.54, 1.807) is 12.1 Å². The number of methoxy groups -OCH3 is 1. The molecule has 0 fully saturated rings. The number of rotatable bonds is 6. The van der Waals surface area contributed by atoms with Crippen LogP contribution in [0, 0.1) is 5.82 Å². The standard InChI is InChI=1S/C12H16FNO3/c1-17-12(16)6-11(15)8-14-7-9-3-2-4-10(13)5-9/h2-5,11,14-15H,6-8H2,1H3. The largest absolute Gasteiger partial charge is 0.469 e. The van der Waals surface area contributed by atoms with E-state index in [1.807, 2.05) is 0 Å². The molecule has 0 aromatic heterocycles. The van der Waals surface area contributed by atoms with E-state index < -0.39 is 12.1 Å². The van der Waals surface area contributed by atoms with Crippen LogP contribution in [0.1, 0.15) is 12.0 Å². The number of halogens is 1. The maximum Gasteiger partial charge on any atom is 0.308 e. The van der Waals surface area contributed by atoms with E-state index in [9.17, 15) is 14.3 Å². The van der Waals surface area contributed by atoms with Crippen LogP contribution >= 0.6 is 0 Å². The Bertz CT molecular complexity index is 371. The van der Waals surface area contributed by atoms with E-state index in [1.165, 1.54) is 19.2 Å². The molecule has 5 heteroatoms. The number of esters is 1. The van der Waals surface area contributed by atoms with E-state index in [0.717, 1.165) is 5.56 Å². The van der Waals surface area contributed by atoms with E-state index >= 15 is 0 Å². The summed E-state index contributed by atoms with van der Waals surface area (Å²) in [4.78, 5) is 10.8. The molecule has 1 atom stereocenters. The lowest BCUT2D eigenvalue weighted by atomic mass is 10.2. The Labute approximate surface area is 99.4 Å². The zero-order valence-electron chi connectivity index (χ0n) is 9.65. The van der Waals surface area contributed by atoms with E-state index in [-0.39, 0.29) is 18.8 Å². The number of nitrogens with one attached hydrogen (secondary N) is 1. The number of aliphatic hydroxyl groups excluding tert-OH is 1. The maximum atomic E-state index is 12.8. The van der Waals surface area contributed by atoms with Crippen LogP contribution in [-0.2, 0) is 16.1 Å². The number of aliphatic hydroxyl groups is 1. The molecule has 94 valence electrons. The smallest absolute Gasteiger partial charge is 0.308 e. The number of hydrogen-bond donors (Lipinski definition) is 2. The van der Waals surface area contributed by atoms with Gasteiger partial charge in [0.15, 0.2) is 0 Å². The molecule has 0 heterocycles. The van der Waals surface area contributed by atoms with Gasteiger partial charge in [-0.25, -0.2) is 4.39 Å². The van der Waals surface area contributed by atoms with E-state index in [0.29, 0.717) is 6.54 Å². The van der Waals surface area contributed by atoms with Gasteiger partial charge in [0.1, 0.15) is 5.82 Å². The third kappa shape index (κ3) is 5.42. The highest BCUT2D eigenvalue weighted by atomic mass is 19.1. The van der Waals surface area contributed by atoms with Crippen molar-refractivity contribution in [1.29, 1.82) is 0 Å². The summed E-state index contributed by atoms with van der Waals surface area (Å²) in [5, 5.41) is 12.4. The Morgan fingerprint density at radius 1 is 1.59 bits per heavy atom. The van der Waals surface area contributed by atoms with Crippen LogP contribution in [0.3, 0.4) is 0 Å². The van der Waals surface area contributed by atoms with Crippen LogP contribution < -0.4 is 5.32 Å². The molecule has 0 radical (unpaired) electrons. The van der Waals surface area contributed by atoms with Crippen LogP contribution in [0.5, 0.6) is 0 Å². The average Bonchev–Trinajstić information content (AvgIpc) is 2.29. The summed E-state index contributed by atoms with van der Waals surface area (Å²) in [5.74, 6) is -0.746. The second-order valence-corrected chi connectivity index (χ2v) is 3.69. The van der Waals surface area contributed by atoms with Gasteiger partial charge in [-0.15, -0.1) is 0 Å². The van der Waals surface area contributed by atoms with Crippen LogP contribution in [0.15, 0.2) is 24.3 Å². The Kier molecular flexibility index (Phi) is 5.59. The van der Waals surface area contributed by atoms with Crippen LogP contribution in [0.25, 0.3) is 0 Å². The zero-order chi connectivity index (χ0) is 12.7. The molecule has 0 amide bonds. The zero-order valence-corrected chi connectivity index (χ0v) is 9.65. The van der Waals surface area contributed by atoms with Gasteiger partial charge < -0.3 is 15.2 Å².